The molecule has 1 amide bonds. The van der Waals surface area contributed by atoms with E-state index in [9.17, 15) is 4.79 Å². The van der Waals surface area contributed by atoms with Gasteiger partial charge in [0, 0.05) is 34.3 Å². The molecule has 2 heterocycles. The van der Waals surface area contributed by atoms with E-state index in [1.54, 1.807) is 0 Å². The summed E-state index contributed by atoms with van der Waals surface area (Å²) in [6.07, 6.45) is 1.86. The summed E-state index contributed by atoms with van der Waals surface area (Å²) < 4.78 is 11.4. The molecule has 2 aromatic heterocycles. The fourth-order valence-electron chi connectivity index (χ4n) is 3.32. The van der Waals surface area contributed by atoms with E-state index >= 15 is 0 Å². The molecule has 0 spiro atoms. The van der Waals surface area contributed by atoms with Crippen LogP contribution in [0.25, 0.3) is 10.9 Å². The van der Waals surface area contributed by atoms with Crippen molar-refractivity contribution < 1.29 is 13.9 Å². The van der Waals surface area contributed by atoms with Crippen LogP contribution in [0.1, 0.15) is 43.8 Å². The minimum Gasteiger partial charge on any atom is -0.444 e. The molecule has 0 aliphatic rings. The van der Waals surface area contributed by atoms with Gasteiger partial charge < -0.3 is 19.5 Å². The average molecular weight is 485 g/mol. The molecule has 0 saturated heterocycles. The van der Waals surface area contributed by atoms with Gasteiger partial charge in [-0.25, -0.2) is 4.79 Å². The van der Waals surface area contributed by atoms with E-state index in [-0.39, 0.29) is 0 Å². The first-order valence-electron chi connectivity index (χ1n) is 10.5. The van der Waals surface area contributed by atoms with Gasteiger partial charge in [-0.15, -0.1) is 10.2 Å². The Balaban J connectivity index is 1.52. The Kier molecular flexibility index (Phi) is 6.95. The smallest absolute Gasteiger partial charge is 0.408 e. The molecule has 1 atom stereocenters. The van der Waals surface area contributed by atoms with Crippen LogP contribution in [0, 0.1) is 0 Å². The minimum atomic E-state index is -0.621. The lowest BCUT2D eigenvalue weighted by atomic mass is 10.1. The average Bonchev–Trinajstić information content (AvgIpc) is 3.39. The molecular formula is C24H25ClN4O3S. The molecule has 2 aromatic carbocycles. The molecule has 0 fully saturated rings. The number of carbonyl (C=O) groups excluding carboxylic acids is 1. The maximum Gasteiger partial charge on any atom is 0.408 e. The first-order chi connectivity index (χ1) is 15.8. The zero-order valence-corrected chi connectivity index (χ0v) is 20.2. The maximum atomic E-state index is 12.5. The number of rotatable bonds is 7. The number of thioether (sulfide) groups is 1. The van der Waals surface area contributed by atoms with E-state index in [1.165, 1.54) is 11.8 Å². The monoisotopic (exact) mass is 484 g/mol. The zero-order chi connectivity index (χ0) is 23.4. The summed E-state index contributed by atoms with van der Waals surface area (Å²) in [6, 6.07) is 15.1. The van der Waals surface area contributed by atoms with Crippen molar-refractivity contribution in [2.75, 3.05) is 0 Å². The molecule has 33 heavy (non-hydrogen) atoms. The summed E-state index contributed by atoms with van der Waals surface area (Å²) in [5.74, 6) is 0.982. The Morgan fingerprint density at radius 2 is 1.94 bits per heavy atom. The van der Waals surface area contributed by atoms with E-state index in [0.29, 0.717) is 28.3 Å². The number of benzene rings is 2. The van der Waals surface area contributed by atoms with Crippen molar-refractivity contribution in [2.45, 2.75) is 49.8 Å². The molecule has 0 bridgehead atoms. The molecule has 0 saturated carbocycles. The second-order valence-electron chi connectivity index (χ2n) is 8.58. The summed E-state index contributed by atoms with van der Waals surface area (Å²) in [6.45, 7) is 5.46. The summed E-state index contributed by atoms with van der Waals surface area (Å²) in [5.41, 5.74) is 2.52. The lowest BCUT2D eigenvalue weighted by molar-refractivity contribution is 0.0494. The predicted molar refractivity (Wildman–Crippen MR) is 129 cm³/mol. The molecule has 9 heteroatoms. The number of nitrogens with zero attached hydrogens (tertiary/aromatic N) is 2. The first kappa shape index (κ1) is 23.2. The predicted octanol–water partition coefficient (Wildman–Crippen LogP) is 6.31. The normalized spacial score (nSPS) is 12.6. The quantitative estimate of drug-likeness (QED) is 0.299. The Morgan fingerprint density at radius 1 is 1.18 bits per heavy atom. The highest BCUT2D eigenvalue weighted by Gasteiger charge is 2.26. The number of aromatic nitrogens is 3. The SMILES string of the molecule is CC(C)(C)OC(=O)N[C@@H](Cc1c[nH]c2ccccc12)c1nnc(SCc2ccc(Cl)cc2)o1. The molecule has 4 aromatic rings. The van der Waals surface area contributed by atoms with Gasteiger partial charge in [0.05, 0.1) is 0 Å². The second kappa shape index (κ2) is 9.89. The molecule has 0 aliphatic heterocycles. The third kappa shape index (κ3) is 6.30. The number of hydrogen-bond acceptors (Lipinski definition) is 6. The maximum absolute atomic E-state index is 12.5. The summed E-state index contributed by atoms with van der Waals surface area (Å²) in [7, 11) is 0. The van der Waals surface area contributed by atoms with E-state index in [0.717, 1.165) is 22.0 Å². The van der Waals surface area contributed by atoms with Crippen LogP contribution in [-0.4, -0.2) is 26.9 Å². The van der Waals surface area contributed by atoms with Crippen molar-refractivity contribution in [1.29, 1.82) is 0 Å². The summed E-state index contributed by atoms with van der Waals surface area (Å²) >= 11 is 7.37. The lowest BCUT2D eigenvalue weighted by Crippen LogP contribution is -2.36. The number of hydrogen-bond donors (Lipinski definition) is 2. The van der Waals surface area contributed by atoms with Crippen molar-refractivity contribution in [2.24, 2.45) is 0 Å². The Labute approximate surface area is 201 Å². The number of amides is 1. The van der Waals surface area contributed by atoms with Gasteiger partial charge in [0.25, 0.3) is 5.22 Å². The van der Waals surface area contributed by atoms with Gasteiger partial charge in [-0.05, 0) is 50.1 Å². The number of carbonyl (C=O) groups is 1. The number of fused-ring (bicyclic) bond motifs is 1. The van der Waals surface area contributed by atoms with Crippen molar-refractivity contribution in [1.82, 2.24) is 20.5 Å². The van der Waals surface area contributed by atoms with Crippen molar-refractivity contribution in [3.8, 4) is 0 Å². The molecule has 0 aliphatic carbocycles. The van der Waals surface area contributed by atoms with Gasteiger partial charge in [-0.2, -0.15) is 0 Å². The number of ether oxygens (including phenoxy) is 1. The van der Waals surface area contributed by atoms with Crippen LogP contribution < -0.4 is 5.32 Å². The second-order valence-corrected chi connectivity index (χ2v) is 9.95. The summed E-state index contributed by atoms with van der Waals surface area (Å²) in [4.78, 5) is 15.8. The number of nitrogens with one attached hydrogen (secondary N) is 2. The highest BCUT2D eigenvalue weighted by atomic mass is 35.5. The fourth-order valence-corrected chi connectivity index (χ4v) is 4.17. The number of alkyl carbamates (subject to hydrolysis) is 1. The summed E-state index contributed by atoms with van der Waals surface area (Å²) in [5, 5.41) is 13.5. The van der Waals surface area contributed by atoms with Crippen LogP contribution in [0.15, 0.2) is 64.4 Å². The molecule has 4 rings (SSSR count). The van der Waals surface area contributed by atoms with E-state index in [1.807, 2.05) is 75.5 Å². The van der Waals surface area contributed by atoms with Crippen LogP contribution in [-0.2, 0) is 16.9 Å². The number of halogens is 1. The van der Waals surface area contributed by atoms with Crippen LogP contribution in [0.3, 0.4) is 0 Å². The number of H-pyrrole nitrogens is 1. The topological polar surface area (TPSA) is 93.0 Å². The van der Waals surface area contributed by atoms with Crippen LogP contribution in [0.2, 0.25) is 5.02 Å². The van der Waals surface area contributed by atoms with E-state index < -0.39 is 17.7 Å². The molecule has 7 nitrogen and oxygen atoms in total. The zero-order valence-electron chi connectivity index (χ0n) is 18.6. The highest BCUT2D eigenvalue weighted by Crippen LogP contribution is 2.28. The molecule has 2 N–H and O–H groups in total. The minimum absolute atomic E-state index is 0.324. The fraction of sp³-hybridized carbons (Fsp3) is 0.292. The Morgan fingerprint density at radius 3 is 2.70 bits per heavy atom. The lowest BCUT2D eigenvalue weighted by Gasteiger charge is -2.22. The van der Waals surface area contributed by atoms with Gasteiger partial charge in [0.2, 0.25) is 5.89 Å². The van der Waals surface area contributed by atoms with Gasteiger partial charge >= 0.3 is 6.09 Å². The largest absolute Gasteiger partial charge is 0.444 e. The van der Waals surface area contributed by atoms with E-state index in [2.05, 4.69) is 20.5 Å². The van der Waals surface area contributed by atoms with Gasteiger partial charge in [0.15, 0.2) is 0 Å². The van der Waals surface area contributed by atoms with Crippen LogP contribution in [0.5, 0.6) is 0 Å². The third-order valence-electron chi connectivity index (χ3n) is 4.79. The van der Waals surface area contributed by atoms with Gasteiger partial charge in [-0.3, -0.25) is 0 Å². The van der Waals surface area contributed by atoms with Gasteiger partial charge in [0.1, 0.15) is 11.6 Å². The molecule has 172 valence electrons. The first-order valence-corrected chi connectivity index (χ1v) is 11.9. The standard InChI is InChI=1S/C24H25ClN4O3S/c1-24(2,3)32-22(30)27-20(12-16-13-26-19-7-5-4-6-18(16)19)21-28-29-23(31-21)33-14-15-8-10-17(25)11-9-15/h4-11,13,20,26H,12,14H2,1-3H3,(H,27,30)/t20-/m0/s1. The van der Waals surface area contributed by atoms with Crippen LogP contribution >= 0.6 is 23.4 Å². The number of aromatic amines is 1. The van der Waals surface area contributed by atoms with Gasteiger partial charge in [-0.1, -0.05) is 53.7 Å². The van der Waals surface area contributed by atoms with Crippen molar-refractivity contribution in [3.05, 3.63) is 76.8 Å². The van der Waals surface area contributed by atoms with Crippen molar-refractivity contribution >= 4 is 40.4 Å². The molecule has 0 unspecified atom stereocenters. The molecular weight excluding hydrogens is 460 g/mol. The highest BCUT2D eigenvalue weighted by molar-refractivity contribution is 7.98. The number of para-hydroxylation sites is 1. The van der Waals surface area contributed by atoms with Crippen LogP contribution in [0.4, 0.5) is 4.79 Å². The third-order valence-corrected chi connectivity index (χ3v) is 5.93. The van der Waals surface area contributed by atoms with Crippen molar-refractivity contribution in [3.63, 3.8) is 0 Å². The Hall–Kier alpha value is -2.97. The molecule has 0 radical (unpaired) electrons. The van der Waals surface area contributed by atoms with E-state index in [4.69, 9.17) is 20.8 Å². The Bertz CT molecular complexity index is 1230.